The molecule has 0 amide bonds. The Morgan fingerprint density at radius 1 is 1.19 bits per heavy atom. The van der Waals surface area contributed by atoms with Crippen LogP contribution in [0.25, 0.3) is 0 Å². The standard InChI is InChI=1S/C10H18F2N2.2ClH/c11-10(12)3-4-13-9(7-10)8-14-5-1-2-6-14;;/h9,13H,1-8H2;2*1H/t9-;;/m0../s1. The van der Waals surface area contributed by atoms with Crippen molar-refractivity contribution in [3.63, 3.8) is 0 Å². The molecule has 2 heterocycles. The Hall–Kier alpha value is 0.360. The number of nitrogens with zero attached hydrogens (tertiary/aromatic N) is 1. The number of nitrogens with one attached hydrogen (secondary N) is 1. The lowest BCUT2D eigenvalue weighted by molar-refractivity contribution is -0.0440. The maximum Gasteiger partial charge on any atom is 0.250 e. The van der Waals surface area contributed by atoms with E-state index in [1.807, 2.05) is 0 Å². The molecule has 6 heteroatoms. The maximum absolute atomic E-state index is 13.1. The van der Waals surface area contributed by atoms with Crippen LogP contribution in [-0.4, -0.2) is 43.0 Å². The van der Waals surface area contributed by atoms with Crippen LogP contribution in [0.2, 0.25) is 0 Å². The van der Waals surface area contributed by atoms with Crippen molar-refractivity contribution in [2.24, 2.45) is 0 Å². The van der Waals surface area contributed by atoms with Crippen molar-refractivity contribution in [3.05, 3.63) is 0 Å². The van der Waals surface area contributed by atoms with Crippen molar-refractivity contribution >= 4 is 24.8 Å². The SMILES string of the molecule is Cl.Cl.FC1(F)CCN[C@H](CN2CCCC2)C1. The van der Waals surface area contributed by atoms with Gasteiger partial charge in [0.2, 0.25) is 0 Å². The van der Waals surface area contributed by atoms with Crippen molar-refractivity contribution < 1.29 is 8.78 Å². The molecule has 2 aliphatic heterocycles. The monoisotopic (exact) mass is 276 g/mol. The molecule has 0 aliphatic carbocycles. The number of alkyl halides is 2. The molecule has 0 aromatic heterocycles. The molecule has 0 bridgehead atoms. The highest BCUT2D eigenvalue weighted by atomic mass is 35.5. The number of likely N-dealkylation sites (tertiary alicyclic amines) is 1. The van der Waals surface area contributed by atoms with Gasteiger partial charge in [-0.15, -0.1) is 24.8 Å². The lowest BCUT2D eigenvalue weighted by Gasteiger charge is -2.32. The fourth-order valence-electron chi connectivity index (χ4n) is 2.40. The Kier molecular flexibility index (Phi) is 7.10. The summed E-state index contributed by atoms with van der Waals surface area (Å²) in [4.78, 5) is 2.29. The summed E-state index contributed by atoms with van der Waals surface area (Å²) in [6.07, 6.45) is 2.47. The van der Waals surface area contributed by atoms with Gasteiger partial charge >= 0.3 is 0 Å². The summed E-state index contributed by atoms with van der Waals surface area (Å²) in [5.41, 5.74) is 0. The topological polar surface area (TPSA) is 15.3 Å². The van der Waals surface area contributed by atoms with E-state index >= 15 is 0 Å². The molecule has 16 heavy (non-hydrogen) atoms. The highest BCUT2D eigenvalue weighted by Gasteiger charge is 2.36. The first-order chi connectivity index (χ1) is 6.66. The normalized spacial score (nSPS) is 29.2. The van der Waals surface area contributed by atoms with E-state index in [4.69, 9.17) is 0 Å². The zero-order valence-electron chi connectivity index (χ0n) is 9.25. The van der Waals surface area contributed by atoms with Crippen LogP contribution in [0.5, 0.6) is 0 Å². The Bertz CT molecular complexity index is 199. The third kappa shape index (κ3) is 4.70. The molecule has 0 saturated carbocycles. The summed E-state index contributed by atoms with van der Waals surface area (Å²) < 4.78 is 26.1. The van der Waals surface area contributed by atoms with Crippen molar-refractivity contribution in [2.45, 2.75) is 37.6 Å². The van der Waals surface area contributed by atoms with E-state index in [1.54, 1.807) is 0 Å². The molecule has 2 rings (SSSR count). The summed E-state index contributed by atoms with van der Waals surface area (Å²) in [5, 5.41) is 3.18. The second-order valence-electron chi connectivity index (χ2n) is 4.47. The maximum atomic E-state index is 13.1. The molecule has 0 aromatic rings. The predicted octanol–water partition coefficient (Wildman–Crippen LogP) is 2.31. The zero-order valence-corrected chi connectivity index (χ0v) is 10.9. The molecule has 0 spiro atoms. The Labute approximate surface area is 108 Å². The zero-order chi connectivity index (χ0) is 10.0. The van der Waals surface area contributed by atoms with Gasteiger partial charge in [0.25, 0.3) is 5.92 Å². The lowest BCUT2D eigenvalue weighted by Crippen LogP contribution is -2.48. The highest BCUT2D eigenvalue weighted by molar-refractivity contribution is 5.85. The van der Waals surface area contributed by atoms with E-state index in [0.717, 1.165) is 19.6 Å². The molecule has 2 saturated heterocycles. The first-order valence-electron chi connectivity index (χ1n) is 5.49. The fourth-order valence-corrected chi connectivity index (χ4v) is 2.40. The fraction of sp³-hybridized carbons (Fsp3) is 1.00. The van der Waals surface area contributed by atoms with E-state index in [-0.39, 0.29) is 43.7 Å². The Morgan fingerprint density at radius 2 is 1.81 bits per heavy atom. The van der Waals surface area contributed by atoms with Gasteiger partial charge in [0.05, 0.1) is 0 Å². The summed E-state index contributed by atoms with van der Waals surface area (Å²) in [5.74, 6) is -2.43. The molecule has 0 radical (unpaired) electrons. The summed E-state index contributed by atoms with van der Waals surface area (Å²) in [6, 6.07) is -0.00292. The molecule has 2 aliphatic rings. The minimum atomic E-state index is -2.43. The van der Waals surface area contributed by atoms with Gasteiger partial charge in [0.15, 0.2) is 0 Å². The molecule has 2 nitrogen and oxygen atoms in total. The van der Waals surface area contributed by atoms with E-state index in [2.05, 4.69) is 10.2 Å². The van der Waals surface area contributed by atoms with Crippen LogP contribution >= 0.6 is 24.8 Å². The van der Waals surface area contributed by atoms with Gasteiger partial charge in [0, 0.05) is 32.0 Å². The smallest absolute Gasteiger partial charge is 0.250 e. The molecule has 0 unspecified atom stereocenters. The first-order valence-corrected chi connectivity index (χ1v) is 5.49. The molecular weight excluding hydrogens is 257 g/mol. The van der Waals surface area contributed by atoms with Gasteiger partial charge < -0.3 is 10.2 Å². The van der Waals surface area contributed by atoms with Crippen LogP contribution in [0, 0.1) is 0 Å². The molecular formula is C10H20Cl2F2N2. The third-order valence-corrected chi connectivity index (χ3v) is 3.15. The molecule has 0 aromatic carbocycles. The highest BCUT2D eigenvalue weighted by Crippen LogP contribution is 2.27. The molecule has 98 valence electrons. The van der Waals surface area contributed by atoms with Crippen LogP contribution in [0.15, 0.2) is 0 Å². The molecule has 2 fully saturated rings. The second-order valence-corrected chi connectivity index (χ2v) is 4.47. The van der Waals surface area contributed by atoms with Gasteiger partial charge in [0.1, 0.15) is 0 Å². The van der Waals surface area contributed by atoms with Crippen molar-refractivity contribution in [1.29, 1.82) is 0 Å². The largest absolute Gasteiger partial charge is 0.312 e. The third-order valence-electron chi connectivity index (χ3n) is 3.15. The van der Waals surface area contributed by atoms with Crippen LogP contribution in [-0.2, 0) is 0 Å². The summed E-state index contributed by atoms with van der Waals surface area (Å²) in [7, 11) is 0. The van der Waals surface area contributed by atoms with Crippen molar-refractivity contribution in [2.75, 3.05) is 26.2 Å². The number of hydrogen-bond acceptors (Lipinski definition) is 2. The van der Waals surface area contributed by atoms with Gasteiger partial charge in [-0.2, -0.15) is 0 Å². The van der Waals surface area contributed by atoms with Crippen molar-refractivity contribution in [1.82, 2.24) is 10.2 Å². The van der Waals surface area contributed by atoms with Crippen LogP contribution in [0.1, 0.15) is 25.7 Å². The van der Waals surface area contributed by atoms with Gasteiger partial charge in [-0.1, -0.05) is 0 Å². The van der Waals surface area contributed by atoms with E-state index in [1.165, 1.54) is 12.8 Å². The molecule has 1 N–H and O–H groups in total. The van der Waals surface area contributed by atoms with E-state index in [0.29, 0.717) is 6.54 Å². The van der Waals surface area contributed by atoms with Crippen LogP contribution in [0.4, 0.5) is 8.78 Å². The Balaban J connectivity index is 0.00000112. The second kappa shape index (κ2) is 6.94. The first kappa shape index (κ1) is 16.4. The van der Waals surface area contributed by atoms with Crippen LogP contribution < -0.4 is 5.32 Å². The van der Waals surface area contributed by atoms with Gasteiger partial charge in [-0.05, 0) is 25.9 Å². The Morgan fingerprint density at radius 3 is 2.38 bits per heavy atom. The van der Waals surface area contributed by atoms with Gasteiger partial charge in [-0.25, -0.2) is 8.78 Å². The predicted molar refractivity (Wildman–Crippen MR) is 66.1 cm³/mol. The average molecular weight is 277 g/mol. The number of piperidine rings is 1. The van der Waals surface area contributed by atoms with E-state index in [9.17, 15) is 8.78 Å². The van der Waals surface area contributed by atoms with Crippen LogP contribution in [0.3, 0.4) is 0 Å². The molecule has 1 atom stereocenters. The summed E-state index contributed by atoms with van der Waals surface area (Å²) in [6.45, 7) is 3.44. The lowest BCUT2D eigenvalue weighted by atomic mass is 10.0. The number of rotatable bonds is 2. The minimum absolute atomic E-state index is 0. The van der Waals surface area contributed by atoms with Gasteiger partial charge in [-0.3, -0.25) is 0 Å². The van der Waals surface area contributed by atoms with E-state index < -0.39 is 5.92 Å². The van der Waals surface area contributed by atoms with Crippen molar-refractivity contribution in [3.8, 4) is 0 Å². The quantitative estimate of drug-likeness (QED) is 0.833. The number of hydrogen-bond donors (Lipinski definition) is 1. The number of halogens is 4. The summed E-state index contributed by atoms with van der Waals surface area (Å²) >= 11 is 0. The minimum Gasteiger partial charge on any atom is -0.312 e. The average Bonchev–Trinajstić information content (AvgIpc) is 2.54.